The van der Waals surface area contributed by atoms with Crippen LogP contribution in [-0.4, -0.2) is 96.3 Å². The Balaban J connectivity index is 1.35. The van der Waals surface area contributed by atoms with E-state index in [1.165, 1.54) is 13.2 Å². The van der Waals surface area contributed by atoms with E-state index >= 15 is 8.78 Å². The van der Waals surface area contributed by atoms with Gasteiger partial charge in [-0.1, -0.05) is 18.1 Å². The molecule has 3 aromatic carbocycles. The Morgan fingerprint density at radius 2 is 1.81 bits per heavy atom. The highest BCUT2D eigenvalue weighted by Gasteiger charge is 2.45. The molecule has 4 aromatic rings. The lowest BCUT2D eigenvalue weighted by atomic mass is 9.93. The van der Waals surface area contributed by atoms with Crippen LogP contribution in [-0.2, 0) is 9.47 Å². The summed E-state index contributed by atoms with van der Waals surface area (Å²) in [4.78, 5) is 28.7. The maximum Gasteiger partial charge on any atom is 0.410 e. The molecule has 1 aromatic heterocycles. The molecule has 3 fully saturated rings. The first-order valence-corrected chi connectivity index (χ1v) is 18.3. The average molecular weight is 739 g/mol. The van der Waals surface area contributed by atoms with E-state index in [0.717, 1.165) is 38.8 Å². The molecule has 1 amide bonds. The van der Waals surface area contributed by atoms with Crippen LogP contribution in [0.3, 0.4) is 0 Å². The van der Waals surface area contributed by atoms with E-state index in [-0.39, 0.29) is 54.5 Å². The summed E-state index contributed by atoms with van der Waals surface area (Å²) in [5.41, 5.74) is -0.387. The molecule has 11 nitrogen and oxygen atoms in total. The van der Waals surface area contributed by atoms with Gasteiger partial charge in [-0.3, -0.25) is 4.90 Å². The highest BCUT2D eigenvalue weighted by atomic mass is 19.1. The van der Waals surface area contributed by atoms with Crippen LogP contribution in [0.4, 0.5) is 19.4 Å². The van der Waals surface area contributed by atoms with Crippen molar-refractivity contribution in [2.75, 3.05) is 58.1 Å². The van der Waals surface area contributed by atoms with Gasteiger partial charge in [0.05, 0.1) is 29.6 Å². The van der Waals surface area contributed by atoms with Gasteiger partial charge in [0.25, 0.3) is 0 Å². The van der Waals surface area contributed by atoms with Gasteiger partial charge in [-0.2, -0.15) is 15.2 Å². The first kappa shape index (κ1) is 37.1. The SMILES string of the molecule is C#Cc1c(F)ccc2cc(OCOC)cc(-c3ccc4c(N5CCN(C(=O)OC(C)(C)C)[C@@H](CC#N)C5)nc(OCC56CCCN5CCC6)nc4c3F)c12. The Morgan fingerprint density at radius 1 is 1.04 bits per heavy atom. The van der Waals surface area contributed by atoms with Crippen LogP contribution in [0.25, 0.3) is 32.8 Å². The number of amides is 1. The van der Waals surface area contributed by atoms with Crippen LogP contribution >= 0.6 is 0 Å². The molecule has 0 bridgehead atoms. The van der Waals surface area contributed by atoms with E-state index < -0.39 is 29.4 Å². The maximum absolute atomic E-state index is 17.3. The fourth-order valence-electron chi connectivity index (χ4n) is 8.16. The minimum absolute atomic E-state index is 0.00105. The average Bonchev–Trinajstić information content (AvgIpc) is 3.73. The third-order valence-corrected chi connectivity index (χ3v) is 10.6. The number of methoxy groups -OCH3 is 1. The molecule has 0 radical (unpaired) electrons. The molecule has 0 saturated carbocycles. The largest absolute Gasteiger partial charge is 0.468 e. The topological polar surface area (TPSA) is 113 Å². The number of fused-ring (bicyclic) bond motifs is 3. The lowest BCUT2D eigenvalue weighted by Gasteiger charge is -2.41. The van der Waals surface area contributed by atoms with Gasteiger partial charge in [-0.05, 0) is 94.8 Å². The number of aromatic nitrogens is 2. The second-order valence-corrected chi connectivity index (χ2v) is 15.2. The van der Waals surface area contributed by atoms with Crippen molar-refractivity contribution in [3.05, 3.63) is 53.6 Å². The van der Waals surface area contributed by atoms with Crippen LogP contribution < -0.4 is 14.4 Å². The number of carbonyl (C=O) groups excluding carboxylic acids is 1. The Labute approximate surface area is 313 Å². The van der Waals surface area contributed by atoms with Crippen molar-refractivity contribution >= 4 is 33.6 Å². The number of nitriles is 1. The number of hydrogen-bond acceptors (Lipinski definition) is 10. The summed E-state index contributed by atoms with van der Waals surface area (Å²) in [7, 11) is 1.49. The van der Waals surface area contributed by atoms with Crippen molar-refractivity contribution in [1.29, 1.82) is 5.26 Å². The van der Waals surface area contributed by atoms with Crippen molar-refractivity contribution in [2.45, 2.75) is 70.1 Å². The molecule has 54 heavy (non-hydrogen) atoms. The first-order chi connectivity index (χ1) is 25.9. The standard InChI is InChI=1S/C41H44F2N6O5/c1-6-29-33(42)12-9-26-21-28(53-25-51-5)22-32(34(26)29)30-10-11-31-36(35(30)43)45-38(52-24-41-14-7-17-48(41)18-8-15-41)46-37(31)47-19-20-49(27(23-47)13-16-44)39(50)54-40(2,3)4/h1,9-12,21-22,27H,7-8,13-15,17-20,23-25H2,2-5H3/t27-/m0/s1. The first-order valence-electron chi connectivity index (χ1n) is 18.3. The van der Waals surface area contributed by atoms with Gasteiger partial charge in [-0.15, -0.1) is 6.42 Å². The van der Waals surface area contributed by atoms with Crippen LogP contribution in [0.5, 0.6) is 11.8 Å². The highest BCUT2D eigenvalue weighted by Crippen LogP contribution is 2.42. The van der Waals surface area contributed by atoms with Gasteiger partial charge in [0, 0.05) is 43.1 Å². The fraction of sp³-hybridized carbons (Fsp3) is 0.463. The van der Waals surface area contributed by atoms with Crippen molar-refractivity contribution in [3.8, 4) is 41.3 Å². The van der Waals surface area contributed by atoms with E-state index in [1.807, 2.05) is 4.90 Å². The molecule has 3 aliphatic rings. The summed E-state index contributed by atoms with van der Waals surface area (Å²) in [6.45, 7) is 8.53. The molecule has 0 N–H and O–H groups in total. The summed E-state index contributed by atoms with van der Waals surface area (Å²) in [6.07, 6.45) is 9.52. The zero-order valence-electron chi connectivity index (χ0n) is 31.1. The number of terminal acetylenes is 1. The second kappa shape index (κ2) is 14.9. The van der Waals surface area contributed by atoms with Crippen LogP contribution in [0.15, 0.2) is 36.4 Å². The molecule has 3 saturated heterocycles. The van der Waals surface area contributed by atoms with Gasteiger partial charge in [-0.25, -0.2) is 13.6 Å². The van der Waals surface area contributed by atoms with Gasteiger partial charge in [0.15, 0.2) is 12.6 Å². The third kappa shape index (κ3) is 7.06. The smallest absolute Gasteiger partial charge is 0.410 e. The molecule has 4 heterocycles. The Hall–Kier alpha value is -5.24. The second-order valence-electron chi connectivity index (χ2n) is 15.2. The number of carbonyl (C=O) groups is 1. The molecular weight excluding hydrogens is 694 g/mol. The van der Waals surface area contributed by atoms with Gasteiger partial charge in [0.2, 0.25) is 0 Å². The van der Waals surface area contributed by atoms with E-state index in [1.54, 1.807) is 56.0 Å². The van der Waals surface area contributed by atoms with E-state index in [0.29, 0.717) is 46.4 Å². The molecule has 7 rings (SSSR count). The fourth-order valence-corrected chi connectivity index (χ4v) is 8.16. The monoisotopic (exact) mass is 738 g/mol. The molecule has 0 unspecified atom stereocenters. The quantitative estimate of drug-likeness (QED) is 0.131. The Morgan fingerprint density at radius 3 is 2.52 bits per heavy atom. The van der Waals surface area contributed by atoms with E-state index in [9.17, 15) is 10.1 Å². The molecule has 0 spiro atoms. The van der Waals surface area contributed by atoms with E-state index in [2.05, 4.69) is 21.9 Å². The molecule has 282 valence electrons. The lowest BCUT2D eigenvalue weighted by Crippen LogP contribution is -2.56. The summed E-state index contributed by atoms with van der Waals surface area (Å²) >= 11 is 0. The number of nitrogens with zero attached hydrogens (tertiary/aromatic N) is 6. The number of halogens is 2. The maximum atomic E-state index is 17.3. The lowest BCUT2D eigenvalue weighted by molar-refractivity contribution is 0.0145. The zero-order valence-corrected chi connectivity index (χ0v) is 31.1. The molecule has 1 atom stereocenters. The molecular formula is C41H44F2N6O5. The number of rotatable bonds is 9. The summed E-state index contributed by atoms with van der Waals surface area (Å²) in [6, 6.07) is 11.2. The van der Waals surface area contributed by atoms with Crippen molar-refractivity contribution in [2.24, 2.45) is 0 Å². The number of anilines is 1. The summed E-state index contributed by atoms with van der Waals surface area (Å²) in [5, 5.41) is 11.1. The van der Waals surface area contributed by atoms with Gasteiger partial charge < -0.3 is 28.7 Å². The predicted octanol–water partition coefficient (Wildman–Crippen LogP) is 7.04. The number of ether oxygens (including phenoxy) is 4. The van der Waals surface area contributed by atoms with Crippen molar-refractivity contribution < 1.29 is 32.5 Å². The highest BCUT2D eigenvalue weighted by molar-refractivity contribution is 6.04. The minimum Gasteiger partial charge on any atom is -0.468 e. The normalized spacial score (nSPS) is 18.4. The van der Waals surface area contributed by atoms with E-state index in [4.69, 9.17) is 30.4 Å². The minimum atomic E-state index is -0.711. The predicted molar refractivity (Wildman–Crippen MR) is 200 cm³/mol. The van der Waals surface area contributed by atoms with Gasteiger partial charge >= 0.3 is 12.1 Å². The molecule has 0 aliphatic carbocycles. The Bertz CT molecular complexity index is 2170. The molecule has 3 aliphatic heterocycles. The van der Waals surface area contributed by atoms with Crippen LogP contribution in [0, 0.1) is 35.3 Å². The third-order valence-electron chi connectivity index (χ3n) is 10.6. The number of benzene rings is 3. The zero-order chi connectivity index (χ0) is 38.2. The van der Waals surface area contributed by atoms with Crippen LogP contribution in [0.2, 0.25) is 0 Å². The Kier molecular flexibility index (Phi) is 10.2. The summed E-state index contributed by atoms with van der Waals surface area (Å²) in [5.74, 6) is 1.95. The molecule has 13 heteroatoms. The van der Waals surface area contributed by atoms with Gasteiger partial charge in [0.1, 0.15) is 35.1 Å². The summed E-state index contributed by atoms with van der Waals surface area (Å²) < 4.78 is 55.4. The number of piperazine rings is 1. The van der Waals surface area contributed by atoms with Crippen LogP contribution in [0.1, 0.15) is 58.4 Å². The van der Waals surface area contributed by atoms with Crippen molar-refractivity contribution in [1.82, 2.24) is 19.8 Å². The number of hydrogen-bond donors (Lipinski definition) is 0. The van der Waals surface area contributed by atoms with Crippen molar-refractivity contribution in [3.63, 3.8) is 0 Å².